The van der Waals surface area contributed by atoms with Crippen LogP contribution in [0.2, 0.25) is 0 Å². The quantitative estimate of drug-likeness (QED) is 0.546. The predicted molar refractivity (Wildman–Crippen MR) is 118 cm³/mol. The van der Waals surface area contributed by atoms with E-state index < -0.39 is 10.0 Å². The van der Waals surface area contributed by atoms with Gasteiger partial charge in [-0.3, -0.25) is 4.79 Å². The molecule has 0 fully saturated rings. The minimum Gasteiger partial charge on any atom is -0.354 e. The van der Waals surface area contributed by atoms with Gasteiger partial charge in [-0.1, -0.05) is 36.4 Å². The topological polar surface area (TPSA) is 78.5 Å². The van der Waals surface area contributed by atoms with E-state index in [1.807, 2.05) is 55.9 Å². The average Bonchev–Trinajstić information content (AvgIpc) is 3.21. The lowest BCUT2D eigenvalue weighted by Crippen LogP contribution is -2.36. The molecule has 0 spiro atoms. The Labute approximate surface area is 175 Å². The Kier molecular flexibility index (Phi) is 7.02. The normalized spacial score (nSPS) is 12.9. The molecule has 29 heavy (non-hydrogen) atoms. The van der Waals surface area contributed by atoms with Gasteiger partial charge < -0.3 is 10.2 Å². The lowest BCUT2D eigenvalue weighted by molar-refractivity contribution is -0.121. The molecular weight excluding hydrogens is 406 g/mol. The van der Waals surface area contributed by atoms with Gasteiger partial charge in [-0.15, -0.1) is 11.3 Å². The predicted octanol–water partition coefficient (Wildman–Crippen LogP) is 2.99. The smallest absolute Gasteiger partial charge is 0.240 e. The standard InChI is InChI=1S/C21H25N3O3S2/c1-24(2)19(20-8-5-13-28-20)15-22-21(25)11-12-23-29(26,27)18-10-9-16-6-3-4-7-17(16)14-18/h3-10,13-14,19,23H,11-12,15H2,1-2H3,(H,22,25). The van der Waals surface area contributed by atoms with Gasteiger partial charge in [0.25, 0.3) is 0 Å². The lowest BCUT2D eigenvalue weighted by atomic mass is 10.1. The first-order chi connectivity index (χ1) is 13.9. The van der Waals surface area contributed by atoms with E-state index in [0.717, 1.165) is 10.8 Å². The van der Waals surface area contributed by atoms with Crippen LogP contribution in [0.25, 0.3) is 10.8 Å². The van der Waals surface area contributed by atoms with E-state index in [4.69, 9.17) is 0 Å². The number of nitrogens with zero attached hydrogens (tertiary/aromatic N) is 1. The summed E-state index contributed by atoms with van der Waals surface area (Å²) in [5.41, 5.74) is 0. The Morgan fingerprint density at radius 2 is 1.83 bits per heavy atom. The van der Waals surface area contributed by atoms with Crippen molar-refractivity contribution in [3.63, 3.8) is 0 Å². The van der Waals surface area contributed by atoms with Crippen LogP contribution in [0.1, 0.15) is 17.3 Å². The molecule has 1 atom stereocenters. The maximum absolute atomic E-state index is 12.5. The van der Waals surface area contributed by atoms with Crippen LogP contribution < -0.4 is 10.0 Å². The number of fused-ring (bicyclic) bond motifs is 1. The van der Waals surface area contributed by atoms with E-state index >= 15 is 0 Å². The highest BCUT2D eigenvalue weighted by molar-refractivity contribution is 7.89. The third kappa shape index (κ3) is 5.63. The SMILES string of the molecule is CN(C)C(CNC(=O)CCNS(=O)(=O)c1ccc2ccccc2c1)c1cccs1. The molecular formula is C21H25N3O3S2. The number of likely N-dealkylation sites (N-methyl/N-ethyl adjacent to an activating group) is 1. The number of benzene rings is 2. The van der Waals surface area contributed by atoms with Gasteiger partial charge >= 0.3 is 0 Å². The van der Waals surface area contributed by atoms with Crippen LogP contribution in [-0.4, -0.2) is 46.4 Å². The van der Waals surface area contributed by atoms with E-state index in [1.165, 1.54) is 4.88 Å². The fourth-order valence-corrected chi connectivity index (χ4v) is 5.02. The zero-order valence-corrected chi connectivity index (χ0v) is 18.1. The van der Waals surface area contributed by atoms with Crippen LogP contribution in [0.3, 0.4) is 0 Å². The van der Waals surface area contributed by atoms with Crippen LogP contribution in [0.4, 0.5) is 0 Å². The van der Waals surface area contributed by atoms with Gasteiger partial charge in [-0.25, -0.2) is 13.1 Å². The summed E-state index contributed by atoms with van der Waals surface area (Å²) in [6, 6.07) is 16.7. The molecule has 0 radical (unpaired) electrons. The molecule has 0 aliphatic rings. The molecule has 3 aromatic rings. The lowest BCUT2D eigenvalue weighted by Gasteiger charge is -2.23. The van der Waals surface area contributed by atoms with Gasteiger partial charge in [0, 0.05) is 24.4 Å². The van der Waals surface area contributed by atoms with E-state index in [0.29, 0.717) is 6.54 Å². The summed E-state index contributed by atoms with van der Waals surface area (Å²) in [7, 11) is 0.269. The van der Waals surface area contributed by atoms with Crippen molar-refractivity contribution in [3.05, 3.63) is 64.9 Å². The molecule has 6 nitrogen and oxygen atoms in total. The summed E-state index contributed by atoms with van der Waals surface area (Å²) in [6.07, 6.45) is 0.0808. The number of carbonyl (C=O) groups excluding carboxylic acids is 1. The van der Waals surface area contributed by atoms with Gasteiger partial charge in [-0.05, 0) is 48.4 Å². The first kappa shape index (κ1) is 21.4. The minimum atomic E-state index is -3.66. The first-order valence-electron chi connectivity index (χ1n) is 9.32. The summed E-state index contributed by atoms with van der Waals surface area (Å²) < 4.78 is 27.6. The van der Waals surface area contributed by atoms with Crippen molar-refractivity contribution in [2.75, 3.05) is 27.2 Å². The Balaban J connectivity index is 1.52. The largest absolute Gasteiger partial charge is 0.354 e. The average molecular weight is 432 g/mol. The molecule has 0 aliphatic carbocycles. The minimum absolute atomic E-state index is 0.0482. The first-order valence-corrected chi connectivity index (χ1v) is 11.7. The Morgan fingerprint density at radius 1 is 1.07 bits per heavy atom. The van der Waals surface area contributed by atoms with Gasteiger partial charge in [0.15, 0.2) is 0 Å². The van der Waals surface area contributed by atoms with Crippen LogP contribution in [-0.2, 0) is 14.8 Å². The van der Waals surface area contributed by atoms with Crippen molar-refractivity contribution in [1.29, 1.82) is 0 Å². The van der Waals surface area contributed by atoms with Crippen LogP contribution in [0.5, 0.6) is 0 Å². The van der Waals surface area contributed by atoms with Crippen molar-refractivity contribution in [3.8, 4) is 0 Å². The van der Waals surface area contributed by atoms with Gasteiger partial charge in [0.2, 0.25) is 15.9 Å². The highest BCUT2D eigenvalue weighted by Gasteiger charge is 2.17. The molecule has 0 aliphatic heterocycles. The summed E-state index contributed by atoms with van der Waals surface area (Å²) in [4.78, 5) is 15.6. The zero-order chi connectivity index (χ0) is 20.9. The van der Waals surface area contributed by atoms with Gasteiger partial charge in [0.1, 0.15) is 0 Å². The Bertz CT molecular complexity index is 1060. The van der Waals surface area contributed by atoms with Gasteiger partial charge in [0.05, 0.1) is 10.9 Å². The fourth-order valence-electron chi connectivity index (χ4n) is 3.03. The van der Waals surface area contributed by atoms with Crippen LogP contribution >= 0.6 is 11.3 Å². The molecule has 0 saturated carbocycles. The number of hydrogen-bond donors (Lipinski definition) is 2. The zero-order valence-electron chi connectivity index (χ0n) is 16.5. The maximum atomic E-state index is 12.5. The Morgan fingerprint density at radius 3 is 2.52 bits per heavy atom. The summed E-state index contributed by atoms with van der Waals surface area (Å²) in [5.74, 6) is -0.186. The molecule has 1 aromatic heterocycles. The molecule has 1 unspecified atom stereocenters. The van der Waals surface area contributed by atoms with Crippen LogP contribution in [0, 0.1) is 0 Å². The third-order valence-corrected chi connectivity index (χ3v) is 7.10. The molecule has 0 bridgehead atoms. The molecule has 1 heterocycles. The van der Waals surface area contributed by atoms with Gasteiger partial charge in [-0.2, -0.15) is 0 Å². The van der Waals surface area contributed by atoms with E-state index in [-0.39, 0.29) is 29.8 Å². The molecule has 3 rings (SSSR count). The summed E-state index contributed by atoms with van der Waals surface area (Å²) >= 11 is 1.65. The summed E-state index contributed by atoms with van der Waals surface area (Å²) in [6.45, 7) is 0.524. The second-order valence-electron chi connectivity index (χ2n) is 6.96. The molecule has 2 N–H and O–H groups in total. The van der Waals surface area contributed by atoms with Crippen molar-refractivity contribution in [2.24, 2.45) is 0 Å². The second kappa shape index (κ2) is 9.49. The number of nitrogens with one attached hydrogen (secondary N) is 2. The Hall–Kier alpha value is -2.26. The van der Waals surface area contributed by atoms with Crippen molar-refractivity contribution in [1.82, 2.24) is 14.9 Å². The monoisotopic (exact) mass is 431 g/mol. The molecule has 0 saturated heterocycles. The van der Waals surface area contributed by atoms with Crippen molar-refractivity contribution < 1.29 is 13.2 Å². The number of sulfonamides is 1. The maximum Gasteiger partial charge on any atom is 0.240 e. The number of hydrogen-bond acceptors (Lipinski definition) is 5. The molecule has 8 heteroatoms. The fraction of sp³-hybridized carbons (Fsp3) is 0.286. The second-order valence-corrected chi connectivity index (χ2v) is 9.70. The van der Waals surface area contributed by atoms with Crippen molar-refractivity contribution >= 4 is 38.0 Å². The third-order valence-electron chi connectivity index (χ3n) is 4.66. The summed E-state index contributed by atoms with van der Waals surface area (Å²) in [5, 5.41) is 6.74. The molecule has 1 amide bonds. The number of thiophene rings is 1. The molecule has 154 valence electrons. The molecule has 2 aromatic carbocycles. The van der Waals surface area contributed by atoms with E-state index in [1.54, 1.807) is 29.5 Å². The number of amides is 1. The highest BCUT2D eigenvalue weighted by atomic mass is 32.2. The van der Waals surface area contributed by atoms with Crippen molar-refractivity contribution in [2.45, 2.75) is 17.4 Å². The number of carbonyl (C=O) groups is 1. The van der Waals surface area contributed by atoms with E-state index in [9.17, 15) is 13.2 Å². The highest BCUT2D eigenvalue weighted by Crippen LogP contribution is 2.22. The number of rotatable bonds is 9. The van der Waals surface area contributed by atoms with Crippen LogP contribution in [0.15, 0.2) is 64.9 Å². The van der Waals surface area contributed by atoms with E-state index in [2.05, 4.69) is 14.9 Å².